The van der Waals surface area contributed by atoms with Gasteiger partial charge in [0.15, 0.2) is 0 Å². The lowest BCUT2D eigenvalue weighted by molar-refractivity contribution is -0.239. The van der Waals surface area contributed by atoms with Crippen LogP contribution < -0.4 is 0 Å². The molecule has 0 saturated heterocycles. The van der Waals surface area contributed by atoms with Gasteiger partial charge in [-0.05, 0) is 74.7 Å². The zero-order valence-corrected chi connectivity index (χ0v) is 19.5. The van der Waals surface area contributed by atoms with E-state index in [9.17, 15) is 25.0 Å². The van der Waals surface area contributed by atoms with Gasteiger partial charge in [0.25, 0.3) is 0 Å². The number of hydrogen-bond acceptors (Lipinski definition) is 8. The van der Waals surface area contributed by atoms with Crippen LogP contribution in [0, 0.1) is 28.6 Å². The largest absolute Gasteiger partial charge is 0.462 e. The first kappa shape index (κ1) is 22.8. The number of fused-ring (bicyclic) bond motifs is 5. The first-order chi connectivity index (χ1) is 15.6. The molecule has 4 aliphatic carbocycles. The van der Waals surface area contributed by atoms with Crippen LogP contribution in [0.2, 0.25) is 0 Å². The van der Waals surface area contributed by atoms with E-state index in [-0.39, 0.29) is 41.2 Å². The molecule has 1 heterocycles. The van der Waals surface area contributed by atoms with Gasteiger partial charge in [0.1, 0.15) is 12.7 Å². The van der Waals surface area contributed by atoms with E-state index in [0.29, 0.717) is 45.1 Å². The number of nitrogens with zero attached hydrogens (tertiary/aromatic N) is 1. The van der Waals surface area contributed by atoms with Gasteiger partial charge in [-0.1, -0.05) is 6.92 Å². The smallest absolute Gasteiger partial charge is 0.331 e. The molecule has 4 saturated carbocycles. The normalized spacial score (nSPS) is 49.1. The first-order valence-electron chi connectivity index (χ1n) is 12.3. The Morgan fingerprint density at radius 2 is 1.91 bits per heavy atom. The fraction of sp³-hybridized carbons (Fsp3) is 0.800. The molecule has 0 aromatic rings. The second-order valence-electron chi connectivity index (χ2n) is 11.3. The molecule has 8 nitrogen and oxygen atoms in total. The average molecular weight is 462 g/mol. The minimum Gasteiger partial charge on any atom is -0.462 e. The summed E-state index contributed by atoms with van der Waals surface area (Å²) in [7, 11) is 0. The lowest BCUT2D eigenvalue weighted by atomic mass is 9.41. The second kappa shape index (κ2) is 7.54. The molecule has 3 N–H and O–H groups in total. The molecule has 0 amide bonds. The number of oxime groups is 1. The first-order valence-corrected chi connectivity index (χ1v) is 12.3. The van der Waals surface area contributed by atoms with Gasteiger partial charge < -0.3 is 24.9 Å². The minimum absolute atomic E-state index is 0.0438. The maximum atomic E-state index is 12.3. The SMILES string of the molecule is CC(=O)OC1CCC2(C=NO)[C@H]3CCC4(C)C(C5=CC(=O)OC5)CCC4(O)[C@H]3CCC2(O)C1. The Kier molecular flexibility index (Phi) is 5.22. The molecule has 5 rings (SSSR count). The Bertz CT molecular complexity index is 916. The standard InChI is InChI=1S/C25H35NO7/c1-15(27)33-17-3-8-23(14-26-31)19-4-7-22(2)18(16-11-21(28)32-13-16)6-10-25(22,30)20(19)5-9-24(23,29)12-17/h11,14,17-20,29-31H,3-10,12-13H2,1-2H3/t17?,18?,19-,20-,22?,23?,24?,25?/m0/s1. The Hall–Kier alpha value is -1.93. The molecule has 1 aliphatic heterocycles. The number of esters is 2. The number of cyclic esters (lactones) is 1. The van der Waals surface area contributed by atoms with Crippen LogP contribution in [0.3, 0.4) is 0 Å². The molecular formula is C25H35NO7. The lowest BCUT2D eigenvalue weighted by Gasteiger charge is -2.65. The van der Waals surface area contributed by atoms with Crippen LogP contribution in [0.4, 0.5) is 0 Å². The van der Waals surface area contributed by atoms with Crippen LogP contribution in [-0.4, -0.2) is 57.5 Å². The van der Waals surface area contributed by atoms with Gasteiger partial charge in [0.2, 0.25) is 0 Å². The van der Waals surface area contributed by atoms with Crippen molar-refractivity contribution in [2.45, 2.75) is 88.9 Å². The molecule has 5 aliphatic rings. The van der Waals surface area contributed by atoms with Crippen LogP contribution in [0.1, 0.15) is 71.6 Å². The van der Waals surface area contributed by atoms with Gasteiger partial charge in [0.05, 0.1) is 17.4 Å². The van der Waals surface area contributed by atoms with Crippen molar-refractivity contribution in [1.29, 1.82) is 0 Å². The average Bonchev–Trinajstić information content (AvgIpc) is 3.28. The van der Waals surface area contributed by atoms with E-state index in [2.05, 4.69) is 12.1 Å². The van der Waals surface area contributed by atoms with Crippen molar-refractivity contribution >= 4 is 18.2 Å². The van der Waals surface area contributed by atoms with E-state index in [1.807, 2.05) is 0 Å². The molecule has 8 atom stereocenters. The highest BCUT2D eigenvalue weighted by molar-refractivity contribution is 5.85. The Morgan fingerprint density at radius 3 is 2.58 bits per heavy atom. The number of carbonyl (C=O) groups is 2. The van der Waals surface area contributed by atoms with Crippen LogP contribution in [0.15, 0.2) is 16.8 Å². The molecular weight excluding hydrogens is 426 g/mol. The highest BCUT2D eigenvalue weighted by Crippen LogP contribution is 2.70. The zero-order chi connectivity index (χ0) is 23.6. The third-order valence-electron chi connectivity index (χ3n) is 10.2. The summed E-state index contributed by atoms with van der Waals surface area (Å²) in [6.07, 6.45) is 8.28. The van der Waals surface area contributed by atoms with Crippen molar-refractivity contribution in [3.05, 3.63) is 11.6 Å². The molecule has 0 aromatic carbocycles. The van der Waals surface area contributed by atoms with Crippen molar-refractivity contribution in [2.75, 3.05) is 6.61 Å². The molecule has 0 aromatic heterocycles. The summed E-state index contributed by atoms with van der Waals surface area (Å²) in [5.74, 6) is -0.661. The molecule has 6 unspecified atom stereocenters. The molecule has 0 spiro atoms. The number of rotatable bonds is 3. The summed E-state index contributed by atoms with van der Waals surface area (Å²) < 4.78 is 10.6. The highest BCUT2D eigenvalue weighted by Gasteiger charge is 2.71. The minimum atomic E-state index is -1.16. The van der Waals surface area contributed by atoms with Gasteiger partial charge in [-0.2, -0.15) is 0 Å². The molecule has 0 radical (unpaired) electrons. The van der Waals surface area contributed by atoms with Crippen LogP contribution >= 0.6 is 0 Å². The molecule has 182 valence electrons. The summed E-state index contributed by atoms with van der Waals surface area (Å²) in [5, 5.41) is 37.2. The fourth-order valence-electron chi connectivity index (χ4n) is 8.78. The van der Waals surface area contributed by atoms with Crippen molar-refractivity contribution in [3.63, 3.8) is 0 Å². The monoisotopic (exact) mass is 461 g/mol. The van der Waals surface area contributed by atoms with Crippen LogP contribution in [0.5, 0.6) is 0 Å². The van der Waals surface area contributed by atoms with E-state index < -0.39 is 16.6 Å². The third kappa shape index (κ3) is 3.05. The maximum Gasteiger partial charge on any atom is 0.331 e. The fourth-order valence-corrected chi connectivity index (χ4v) is 8.78. The molecule has 0 bridgehead atoms. The van der Waals surface area contributed by atoms with Crippen molar-refractivity contribution in [2.24, 2.45) is 33.7 Å². The zero-order valence-electron chi connectivity index (χ0n) is 19.5. The molecule has 33 heavy (non-hydrogen) atoms. The highest BCUT2D eigenvalue weighted by atomic mass is 16.5. The van der Waals surface area contributed by atoms with Gasteiger partial charge in [-0.25, -0.2) is 4.79 Å². The summed E-state index contributed by atoms with van der Waals surface area (Å²) in [5.41, 5.74) is -2.26. The molecule has 8 heteroatoms. The quantitative estimate of drug-likeness (QED) is 0.255. The summed E-state index contributed by atoms with van der Waals surface area (Å²) >= 11 is 0. The Labute approximate surface area is 194 Å². The van der Waals surface area contributed by atoms with E-state index in [0.717, 1.165) is 24.8 Å². The maximum absolute atomic E-state index is 12.3. The van der Waals surface area contributed by atoms with Gasteiger partial charge >= 0.3 is 11.9 Å². The summed E-state index contributed by atoms with van der Waals surface area (Å²) in [6.45, 7) is 3.84. The Balaban J connectivity index is 1.48. The number of hydrogen-bond donors (Lipinski definition) is 3. The molecule has 4 fully saturated rings. The predicted octanol–water partition coefficient (Wildman–Crippen LogP) is 2.73. The van der Waals surface area contributed by atoms with E-state index in [1.165, 1.54) is 13.1 Å². The van der Waals surface area contributed by atoms with Crippen LogP contribution in [0.25, 0.3) is 0 Å². The summed E-state index contributed by atoms with van der Waals surface area (Å²) in [6, 6.07) is 0. The topological polar surface area (TPSA) is 126 Å². The van der Waals surface area contributed by atoms with Gasteiger partial charge in [-0.15, -0.1) is 5.16 Å². The number of carbonyl (C=O) groups excluding carboxylic acids is 2. The van der Waals surface area contributed by atoms with E-state index in [4.69, 9.17) is 9.47 Å². The van der Waals surface area contributed by atoms with Gasteiger partial charge in [-0.3, -0.25) is 4.79 Å². The van der Waals surface area contributed by atoms with Crippen molar-refractivity contribution < 1.29 is 34.5 Å². The third-order valence-corrected chi connectivity index (χ3v) is 10.2. The number of ether oxygens (including phenoxy) is 2. The lowest BCUT2D eigenvalue weighted by Crippen LogP contribution is -2.69. The van der Waals surface area contributed by atoms with E-state index in [1.54, 1.807) is 6.08 Å². The number of aliphatic hydroxyl groups is 2. The van der Waals surface area contributed by atoms with Crippen molar-refractivity contribution in [3.8, 4) is 0 Å². The summed E-state index contributed by atoms with van der Waals surface area (Å²) in [4.78, 5) is 23.3. The van der Waals surface area contributed by atoms with Gasteiger partial charge in [0, 0.05) is 30.3 Å². The van der Waals surface area contributed by atoms with Crippen molar-refractivity contribution in [1.82, 2.24) is 0 Å². The second-order valence-corrected chi connectivity index (χ2v) is 11.3. The van der Waals surface area contributed by atoms with Crippen LogP contribution in [-0.2, 0) is 19.1 Å². The Morgan fingerprint density at radius 1 is 1.15 bits per heavy atom. The predicted molar refractivity (Wildman–Crippen MR) is 117 cm³/mol. The van der Waals surface area contributed by atoms with E-state index >= 15 is 0 Å².